The highest BCUT2D eigenvalue weighted by molar-refractivity contribution is 6.31. The molecule has 142 valence electrons. The molecule has 0 spiro atoms. The van der Waals surface area contributed by atoms with Crippen molar-refractivity contribution in [3.63, 3.8) is 0 Å². The predicted octanol–water partition coefficient (Wildman–Crippen LogP) is 6.29. The number of anilines is 2. The Bertz CT molecular complexity index is 743. The fourth-order valence-electron chi connectivity index (χ4n) is 2.21. The van der Waals surface area contributed by atoms with E-state index in [9.17, 15) is 26.3 Å². The fraction of sp³-hybridized carbons (Fsp3) is 0.294. The molecule has 26 heavy (non-hydrogen) atoms. The van der Waals surface area contributed by atoms with E-state index >= 15 is 0 Å². The highest BCUT2D eigenvalue weighted by atomic mass is 35.5. The van der Waals surface area contributed by atoms with E-state index in [4.69, 9.17) is 11.6 Å². The van der Waals surface area contributed by atoms with Gasteiger partial charge in [-0.25, -0.2) is 0 Å². The summed E-state index contributed by atoms with van der Waals surface area (Å²) in [6.07, 6.45) is -8.37. The molecular weight excluding hydrogens is 382 g/mol. The minimum Gasteiger partial charge on any atom is -0.385 e. The number of rotatable bonds is 6. The van der Waals surface area contributed by atoms with E-state index in [0.717, 1.165) is 18.2 Å². The third-order valence-electron chi connectivity index (χ3n) is 3.48. The van der Waals surface area contributed by atoms with Crippen molar-refractivity contribution in [2.45, 2.75) is 18.8 Å². The molecule has 0 radical (unpaired) electrons. The van der Waals surface area contributed by atoms with Gasteiger partial charge in [-0.05, 0) is 42.8 Å². The summed E-state index contributed by atoms with van der Waals surface area (Å²) in [6, 6.07) is 8.20. The van der Waals surface area contributed by atoms with Crippen molar-refractivity contribution in [3.8, 4) is 0 Å². The van der Waals surface area contributed by atoms with Crippen molar-refractivity contribution in [1.82, 2.24) is 0 Å². The number of nitrogens with one attached hydrogen (secondary N) is 2. The third kappa shape index (κ3) is 5.72. The van der Waals surface area contributed by atoms with Crippen LogP contribution in [0.2, 0.25) is 5.02 Å². The molecule has 2 N–H and O–H groups in total. The molecule has 0 aromatic heterocycles. The van der Waals surface area contributed by atoms with Crippen molar-refractivity contribution in [1.29, 1.82) is 0 Å². The highest BCUT2D eigenvalue weighted by Gasteiger charge is 2.33. The van der Waals surface area contributed by atoms with Crippen LogP contribution in [0.3, 0.4) is 0 Å². The lowest BCUT2D eigenvalue weighted by Crippen LogP contribution is -2.11. The van der Waals surface area contributed by atoms with E-state index in [1.807, 2.05) is 0 Å². The summed E-state index contributed by atoms with van der Waals surface area (Å²) in [5, 5.41) is 5.38. The summed E-state index contributed by atoms with van der Waals surface area (Å²) >= 11 is 5.62. The number of hydrogen-bond acceptors (Lipinski definition) is 2. The van der Waals surface area contributed by atoms with Crippen LogP contribution in [-0.2, 0) is 12.4 Å². The van der Waals surface area contributed by atoms with Crippen molar-refractivity contribution in [3.05, 3.63) is 58.6 Å². The Labute approximate surface area is 151 Å². The van der Waals surface area contributed by atoms with Gasteiger partial charge >= 0.3 is 12.4 Å². The van der Waals surface area contributed by atoms with E-state index < -0.39 is 28.5 Å². The molecule has 2 nitrogen and oxygen atoms in total. The summed E-state index contributed by atoms with van der Waals surface area (Å²) in [6.45, 7) is 0.802. The van der Waals surface area contributed by atoms with Crippen molar-refractivity contribution in [2.24, 2.45) is 0 Å². The maximum absolute atomic E-state index is 12.6. The molecule has 2 rings (SSSR count). The topological polar surface area (TPSA) is 24.1 Å². The zero-order valence-electron chi connectivity index (χ0n) is 13.3. The number of hydrogen-bond donors (Lipinski definition) is 2. The van der Waals surface area contributed by atoms with Gasteiger partial charge in [0.2, 0.25) is 0 Å². The maximum Gasteiger partial charge on any atom is 0.417 e. The first-order valence-electron chi connectivity index (χ1n) is 7.59. The molecule has 0 bridgehead atoms. The van der Waals surface area contributed by atoms with Gasteiger partial charge in [-0.1, -0.05) is 17.7 Å². The average Bonchev–Trinajstić information content (AvgIpc) is 2.53. The first kappa shape index (κ1) is 20.2. The summed E-state index contributed by atoms with van der Waals surface area (Å²) < 4.78 is 75.7. The predicted molar refractivity (Wildman–Crippen MR) is 89.5 cm³/mol. The summed E-state index contributed by atoms with van der Waals surface area (Å²) in [5.41, 5.74) is -0.865. The Morgan fingerprint density at radius 1 is 0.769 bits per heavy atom. The van der Waals surface area contributed by atoms with Gasteiger partial charge in [-0.2, -0.15) is 26.3 Å². The van der Waals surface area contributed by atoms with Crippen molar-refractivity contribution in [2.75, 3.05) is 23.7 Å². The molecule has 0 amide bonds. The third-order valence-corrected chi connectivity index (χ3v) is 3.79. The van der Waals surface area contributed by atoms with E-state index in [0.29, 0.717) is 30.9 Å². The highest BCUT2D eigenvalue weighted by Crippen LogP contribution is 2.35. The molecule has 2 aromatic rings. The average molecular weight is 397 g/mol. The molecule has 0 saturated heterocycles. The molecule has 0 heterocycles. The van der Waals surface area contributed by atoms with Crippen LogP contribution in [-0.4, -0.2) is 13.1 Å². The van der Waals surface area contributed by atoms with Crippen LogP contribution in [0, 0.1) is 0 Å². The molecule has 0 saturated carbocycles. The van der Waals surface area contributed by atoms with E-state index in [2.05, 4.69) is 10.6 Å². The van der Waals surface area contributed by atoms with Gasteiger partial charge in [-0.15, -0.1) is 0 Å². The smallest absolute Gasteiger partial charge is 0.385 e. The fourth-order valence-corrected chi connectivity index (χ4v) is 2.50. The zero-order chi connectivity index (χ0) is 19.4. The molecule has 0 unspecified atom stereocenters. The van der Waals surface area contributed by atoms with Crippen molar-refractivity contribution < 1.29 is 26.3 Å². The Hall–Kier alpha value is -2.09. The normalized spacial score (nSPS) is 12.1. The first-order valence-corrected chi connectivity index (χ1v) is 7.97. The Morgan fingerprint density at radius 3 is 1.92 bits per heavy atom. The van der Waals surface area contributed by atoms with Crippen LogP contribution in [0.15, 0.2) is 42.5 Å². The maximum atomic E-state index is 12.6. The van der Waals surface area contributed by atoms with E-state index in [1.165, 1.54) is 24.3 Å². The second kappa shape index (κ2) is 8.07. The number of benzene rings is 2. The van der Waals surface area contributed by atoms with Gasteiger partial charge in [-0.3, -0.25) is 0 Å². The Morgan fingerprint density at radius 2 is 1.38 bits per heavy atom. The van der Waals surface area contributed by atoms with Crippen LogP contribution >= 0.6 is 11.6 Å². The van der Waals surface area contributed by atoms with Gasteiger partial charge in [0.05, 0.1) is 16.1 Å². The summed E-state index contributed by atoms with van der Waals surface area (Å²) in [7, 11) is 0. The number of halogens is 7. The van der Waals surface area contributed by atoms with Crippen LogP contribution < -0.4 is 10.6 Å². The van der Waals surface area contributed by atoms with E-state index in [1.54, 1.807) is 0 Å². The van der Waals surface area contributed by atoms with Crippen LogP contribution in [0.25, 0.3) is 0 Å². The Balaban J connectivity index is 1.80. The second-order valence-electron chi connectivity index (χ2n) is 5.48. The SMILES string of the molecule is FC(F)(F)c1cccc(NCCCNc2ccc(C(F)(F)F)c(Cl)c2)c1. The van der Waals surface area contributed by atoms with Gasteiger partial charge in [0.1, 0.15) is 0 Å². The second-order valence-corrected chi connectivity index (χ2v) is 5.89. The number of alkyl halides is 6. The Kier molecular flexibility index (Phi) is 6.28. The largest absolute Gasteiger partial charge is 0.417 e. The lowest BCUT2D eigenvalue weighted by Gasteiger charge is -2.13. The summed E-state index contributed by atoms with van der Waals surface area (Å²) in [4.78, 5) is 0. The van der Waals surface area contributed by atoms with Gasteiger partial charge < -0.3 is 10.6 Å². The monoisotopic (exact) mass is 396 g/mol. The lowest BCUT2D eigenvalue weighted by atomic mass is 10.2. The van der Waals surface area contributed by atoms with E-state index in [-0.39, 0.29) is 0 Å². The van der Waals surface area contributed by atoms with Crippen LogP contribution in [0.1, 0.15) is 17.5 Å². The van der Waals surface area contributed by atoms with Crippen LogP contribution in [0.4, 0.5) is 37.7 Å². The molecule has 0 fully saturated rings. The molecule has 0 aliphatic carbocycles. The molecular formula is C17H15ClF6N2. The molecule has 0 atom stereocenters. The molecule has 2 aromatic carbocycles. The molecule has 9 heteroatoms. The van der Waals surface area contributed by atoms with Gasteiger partial charge in [0, 0.05) is 24.5 Å². The standard InChI is InChI=1S/C17H15ClF6N2/c18-15-10-13(5-6-14(15)17(22,23)24)26-8-2-7-25-12-4-1-3-11(9-12)16(19,20)21/h1,3-6,9-10,25-26H,2,7-8H2. The van der Waals surface area contributed by atoms with Gasteiger partial charge in [0.25, 0.3) is 0 Å². The molecule has 0 aliphatic heterocycles. The van der Waals surface area contributed by atoms with Crippen LogP contribution in [0.5, 0.6) is 0 Å². The quantitative estimate of drug-likeness (QED) is 0.443. The zero-order valence-corrected chi connectivity index (χ0v) is 14.1. The van der Waals surface area contributed by atoms with Gasteiger partial charge in [0.15, 0.2) is 0 Å². The minimum absolute atomic E-state index is 0.345. The van der Waals surface area contributed by atoms with Crippen molar-refractivity contribution >= 4 is 23.0 Å². The first-order chi connectivity index (χ1) is 12.1. The minimum atomic E-state index is -4.51. The summed E-state index contributed by atoms with van der Waals surface area (Å²) in [5.74, 6) is 0. The lowest BCUT2D eigenvalue weighted by molar-refractivity contribution is -0.138. The molecule has 0 aliphatic rings.